The summed E-state index contributed by atoms with van der Waals surface area (Å²) in [7, 11) is 0. The van der Waals surface area contributed by atoms with Gasteiger partial charge in [-0.05, 0) is 42.5 Å². The number of imide groups is 1. The van der Waals surface area contributed by atoms with Crippen molar-refractivity contribution in [1.29, 1.82) is 0 Å². The number of hydrazone groups is 1. The number of carbonyl (C=O) groups excluding carboxylic acids is 2. The number of anilines is 2. The van der Waals surface area contributed by atoms with Crippen molar-refractivity contribution >= 4 is 52.1 Å². The minimum atomic E-state index is -0.806. The first-order valence-electron chi connectivity index (χ1n) is 8.86. The van der Waals surface area contributed by atoms with E-state index in [1.807, 2.05) is 30.3 Å². The normalized spacial score (nSPS) is 21.0. The van der Waals surface area contributed by atoms with E-state index in [4.69, 9.17) is 27.6 Å². The van der Waals surface area contributed by atoms with Crippen LogP contribution in [-0.4, -0.2) is 23.6 Å². The van der Waals surface area contributed by atoms with Gasteiger partial charge in [-0.25, -0.2) is 4.90 Å². The van der Waals surface area contributed by atoms with Gasteiger partial charge in [0, 0.05) is 0 Å². The zero-order chi connectivity index (χ0) is 20.1. The van der Waals surface area contributed by atoms with Crippen LogP contribution in [0.25, 0.3) is 0 Å². The molecule has 1 aromatic heterocycles. The van der Waals surface area contributed by atoms with Gasteiger partial charge in [0.15, 0.2) is 5.76 Å². The molecule has 2 atom stereocenters. The van der Waals surface area contributed by atoms with Crippen LogP contribution in [0.2, 0.25) is 10.0 Å². The second-order valence-corrected chi connectivity index (χ2v) is 7.49. The Morgan fingerprint density at radius 3 is 2.34 bits per heavy atom. The summed E-state index contributed by atoms with van der Waals surface area (Å²) in [5, 5.41) is 6.78. The zero-order valence-electron chi connectivity index (χ0n) is 14.8. The molecule has 0 bridgehead atoms. The smallest absolute Gasteiger partial charge is 0.259 e. The van der Waals surface area contributed by atoms with Gasteiger partial charge in [-0.15, -0.1) is 0 Å². The fourth-order valence-corrected chi connectivity index (χ4v) is 4.01. The number of amides is 2. The van der Waals surface area contributed by atoms with Crippen LogP contribution in [0.15, 0.2) is 76.4 Å². The van der Waals surface area contributed by atoms with Gasteiger partial charge in [-0.3, -0.25) is 14.6 Å². The van der Waals surface area contributed by atoms with Gasteiger partial charge in [0.1, 0.15) is 17.7 Å². The molecule has 29 heavy (non-hydrogen) atoms. The lowest BCUT2D eigenvalue weighted by Crippen LogP contribution is -2.39. The average molecular weight is 426 g/mol. The van der Waals surface area contributed by atoms with E-state index in [1.165, 1.54) is 12.3 Å². The molecule has 2 aromatic carbocycles. The van der Waals surface area contributed by atoms with Crippen molar-refractivity contribution < 1.29 is 14.0 Å². The van der Waals surface area contributed by atoms with Crippen molar-refractivity contribution in [2.45, 2.75) is 6.04 Å². The number of fused-ring (bicyclic) bond motifs is 1. The summed E-state index contributed by atoms with van der Waals surface area (Å²) in [5.74, 6) is -1.10. The molecule has 1 fully saturated rings. The van der Waals surface area contributed by atoms with Gasteiger partial charge in [-0.1, -0.05) is 41.4 Å². The Hall–Kier alpha value is -3.09. The van der Waals surface area contributed by atoms with E-state index >= 15 is 0 Å². The maximum absolute atomic E-state index is 13.4. The van der Waals surface area contributed by atoms with Gasteiger partial charge in [-0.2, -0.15) is 5.10 Å². The molecule has 3 aromatic rings. The number of nitrogens with zero attached hydrogens (tertiary/aromatic N) is 3. The fourth-order valence-electron chi connectivity index (χ4n) is 3.71. The van der Waals surface area contributed by atoms with Crippen LogP contribution in [0.3, 0.4) is 0 Å². The molecule has 0 radical (unpaired) electrons. The van der Waals surface area contributed by atoms with E-state index in [9.17, 15) is 9.59 Å². The number of rotatable bonds is 3. The minimum absolute atomic E-state index is 0.265. The lowest BCUT2D eigenvalue weighted by Gasteiger charge is -2.22. The molecule has 8 heteroatoms. The van der Waals surface area contributed by atoms with Gasteiger partial charge in [0.25, 0.3) is 5.91 Å². The first-order chi connectivity index (χ1) is 14.1. The van der Waals surface area contributed by atoms with Gasteiger partial charge in [0.2, 0.25) is 5.91 Å². The maximum atomic E-state index is 13.4. The average Bonchev–Trinajstić information content (AvgIpc) is 3.43. The quantitative estimate of drug-likeness (QED) is 0.584. The van der Waals surface area contributed by atoms with E-state index in [0.29, 0.717) is 27.9 Å². The largest absolute Gasteiger partial charge is 0.463 e. The van der Waals surface area contributed by atoms with Crippen molar-refractivity contribution in [3.05, 3.63) is 82.7 Å². The van der Waals surface area contributed by atoms with E-state index in [2.05, 4.69) is 5.10 Å². The molecule has 1 saturated heterocycles. The summed E-state index contributed by atoms with van der Waals surface area (Å²) in [6.45, 7) is 0. The molecule has 0 unspecified atom stereocenters. The topological polar surface area (TPSA) is 66.1 Å². The highest BCUT2D eigenvalue weighted by Gasteiger charge is 2.58. The maximum Gasteiger partial charge on any atom is 0.259 e. The van der Waals surface area contributed by atoms with Crippen LogP contribution in [0.1, 0.15) is 5.76 Å². The van der Waals surface area contributed by atoms with Crippen LogP contribution in [0.4, 0.5) is 11.4 Å². The third-order valence-corrected chi connectivity index (χ3v) is 5.74. The molecule has 6 nitrogen and oxygen atoms in total. The fraction of sp³-hybridized carbons (Fsp3) is 0.0952. The number of carbonyl (C=O) groups is 2. The van der Waals surface area contributed by atoms with E-state index in [0.717, 1.165) is 4.90 Å². The van der Waals surface area contributed by atoms with Gasteiger partial charge < -0.3 is 4.42 Å². The summed E-state index contributed by atoms with van der Waals surface area (Å²) in [5.41, 5.74) is 1.50. The number of benzene rings is 2. The molecule has 2 aliphatic heterocycles. The Bertz CT molecular complexity index is 1150. The summed E-state index contributed by atoms with van der Waals surface area (Å²) >= 11 is 12.1. The van der Waals surface area contributed by atoms with Crippen molar-refractivity contribution in [3.63, 3.8) is 0 Å². The molecule has 0 spiro atoms. The van der Waals surface area contributed by atoms with Gasteiger partial charge >= 0.3 is 0 Å². The van der Waals surface area contributed by atoms with Crippen LogP contribution >= 0.6 is 23.2 Å². The monoisotopic (exact) mass is 425 g/mol. The van der Waals surface area contributed by atoms with Crippen LogP contribution < -0.4 is 9.91 Å². The molecule has 0 aliphatic carbocycles. The number of hydrogen-bond donors (Lipinski definition) is 0. The van der Waals surface area contributed by atoms with E-state index < -0.39 is 12.0 Å². The summed E-state index contributed by atoms with van der Waals surface area (Å²) < 4.78 is 5.49. The highest BCUT2D eigenvalue weighted by atomic mass is 35.5. The molecule has 144 valence electrons. The summed E-state index contributed by atoms with van der Waals surface area (Å²) in [6, 6.07) is 16.6. The summed E-state index contributed by atoms with van der Waals surface area (Å²) in [6.07, 6.45) is 1.51. The minimum Gasteiger partial charge on any atom is -0.463 e. The summed E-state index contributed by atoms with van der Waals surface area (Å²) in [4.78, 5) is 27.9. The van der Waals surface area contributed by atoms with Crippen molar-refractivity contribution in [2.75, 3.05) is 9.91 Å². The highest BCUT2D eigenvalue weighted by Crippen LogP contribution is 2.40. The lowest BCUT2D eigenvalue weighted by molar-refractivity contribution is -0.121. The standard InChI is InChI=1S/C21H13Cl2N3O3/c22-14-9-8-13(11-15(14)23)25-20(27)17-18(16-7-4-10-29-16)24-26(19(17)21(25)28)12-5-2-1-3-6-12/h1-11,17,19H/t17-,19-/m1/s1. The number of halogens is 2. The predicted octanol–water partition coefficient (Wildman–Crippen LogP) is 4.37. The molecular weight excluding hydrogens is 413 g/mol. The Morgan fingerprint density at radius 1 is 0.862 bits per heavy atom. The number of furan rings is 1. The second-order valence-electron chi connectivity index (χ2n) is 6.68. The highest BCUT2D eigenvalue weighted by molar-refractivity contribution is 6.42. The van der Waals surface area contributed by atoms with Crippen LogP contribution in [-0.2, 0) is 9.59 Å². The third-order valence-electron chi connectivity index (χ3n) is 5.00. The molecule has 3 heterocycles. The zero-order valence-corrected chi connectivity index (χ0v) is 16.3. The van der Waals surface area contributed by atoms with Crippen molar-refractivity contribution in [1.82, 2.24) is 0 Å². The second kappa shape index (κ2) is 6.76. The van der Waals surface area contributed by atoms with Gasteiger partial charge in [0.05, 0.1) is 27.7 Å². The SMILES string of the molecule is O=C1[C@@H]2C(c3ccco3)=NN(c3ccccc3)[C@H]2C(=O)N1c1ccc(Cl)c(Cl)c1. The third kappa shape index (κ3) is 2.75. The Kier molecular flexibility index (Phi) is 4.19. The molecule has 2 aliphatic rings. The molecule has 5 rings (SSSR count). The van der Waals surface area contributed by atoms with E-state index in [1.54, 1.807) is 29.3 Å². The van der Waals surface area contributed by atoms with Crippen LogP contribution in [0, 0.1) is 5.92 Å². The van der Waals surface area contributed by atoms with Crippen molar-refractivity contribution in [2.24, 2.45) is 11.0 Å². The Morgan fingerprint density at radius 2 is 1.66 bits per heavy atom. The van der Waals surface area contributed by atoms with Crippen LogP contribution in [0.5, 0.6) is 0 Å². The van der Waals surface area contributed by atoms with Crippen molar-refractivity contribution in [3.8, 4) is 0 Å². The first-order valence-corrected chi connectivity index (χ1v) is 9.61. The molecule has 0 saturated carbocycles. The molecule has 2 amide bonds. The molecular formula is C21H13Cl2N3O3. The number of para-hydroxylation sites is 1. The molecule has 0 N–H and O–H groups in total. The van der Waals surface area contributed by atoms with E-state index in [-0.39, 0.29) is 16.8 Å². The number of hydrogen-bond acceptors (Lipinski definition) is 5. The first kappa shape index (κ1) is 18.0. The Labute approximate surface area is 175 Å². The predicted molar refractivity (Wildman–Crippen MR) is 110 cm³/mol. The Balaban J connectivity index is 1.63. The lowest BCUT2D eigenvalue weighted by atomic mass is 9.96.